The zero-order valence-electron chi connectivity index (χ0n) is 13.9. The number of halogens is 2. The molecule has 134 valence electrons. The van der Waals surface area contributed by atoms with Crippen molar-refractivity contribution >= 4 is 45.9 Å². The molecule has 0 atom stereocenters. The van der Waals surface area contributed by atoms with Gasteiger partial charge in [-0.3, -0.25) is 9.59 Å². The average molecular weight is 390 g/mol. The van der Waals surface area contributed by atoms with Crippen molar-refractivity contribution in [3.8, 4) is 0 Å². The number of nitrogens with zero attached hydrogens (tertiary/aromatic N) is 2. The standard InChI is InChI=1S/C19H17Cl2N3O2/c20-15-4-1-13(2-5-15)9-10-22-18(25)7-8-19(26)24-17-11-16(21)6-3-14(17)12-23-24/h1-6,11-12H,7-10H2,(H,22,25). The van der Waals surface area contributed by atoms with Crippen molar-refractivity contribution < 1.29 is 9.59 Å². The third-order valence-electron chi connectivity index (χ3n) is 3.98. The van der Waals surface area contributed by atoms with Crippen LogP contribution in [-0.2, 0) is 11.2 Å². The minimum atomic E-state index is -0.241. The normalized spacial score (nSPS) is 10.8. The SMILES string of the molecule is O=C(CCC(=O)n1ncc2ccc(Cl)cc21)NCCc1ccc(Cl)cc1. The predicted octanol–water partition coefficient (Wildman–Crippen LogP) is 4.12. The minimum Gasteiger partial charge on any atom is -0.356 e. The Hall–Kier alpha value is -2.37. The third kappa shape index (κ3) is 4.62. The maximum absolute atomic E-state index is 12.3. The van der Waals surface area contributed by atoms with Gasteiger partial charge in [-0.25, -0.2) is 4.68 Å². The van der Waals surface area contributed by atoms with Crippen LogP contribution in [0, 0.1) is 0 Å². The van der Waals surface area contributed by atoms with E-state index < -0.39 is 0 Å². The number of rotatable bonds is 6. The van der Waals surface area contributed by atoms with E-state index in [1.54, 1.807) is 24.4 Å². The molecule has 26 heavy (non-hydrogen) atoms. The number of carbonyl (C=O) groups excluding carboxylic acids is 2. The molecule has 1 aromatic heterocycles. The molecule has 0 aliphatic carbocycles. The molecule has 7 heteroatoms. The number of hydrogen-bond acceptors (Lipinski definition) is 3. The number of aromatic nitrogens is 2. The molecule has 3 aromatic rings. The van der Waals surface area contributed by atoms with E-state index in [1.807, 2.05) is 24.3 Å². The molecule has 1 N–H and O–H groups in total. The second kappa shape index (κ2) is 8.34. The molecule has 0 spiro atoms. The monoisotopic (exact) mass is 389 g/mol. The van der Waals surface area contributed by atoms with E-state index in [-0.39, 0.29) is 24.7 Å². The molecule has 0 aliphatic heterocycles. The Bertz CT molecular complexity index is 936. The highest BCUT2D eigenvalue weighted by Gasteiger charge is 2.13. The first-order valence-corrected chi connectivity index (χ1v) is 8.96. The molecule has 0 bridgehead atoms. The largest absolute Gasteiger partial charge is 0.356 e. The lowest BCUT2D eigenvalue weighted by Crippen LogP contribution is -2.26. The van der Waals surface area contributed by atoms with Crippen LogP contribution in [-0.4, -0.2) is 28.1 Å². The second-order valence-electron chi connectivity index (χ2n) is 5.88. The fraction of sp³-hybridized carbons (Fsp3) is 0.211. The smallest absolute Gasteiger partial charge is 0.247 e. The van der Waals surface area contributed by atoms with Gasteiger partial charge in [0, 0.05) is 34.8 Å². The topological polar surface area (TPSA) is 64.0 Å². The van der Waals surface area contributed by atoms with Gasteiger partial charge in [-0.2, -0.15) is 5.10 Å². The van der Waals surface area contributed by atoms with Crippen LogP contribution in [0.2, 0.25) is 10.0 Å². The van der Waals surface area contributed by atoms with Crippen molar-refractivity contribution in [2.24, 2.45) is 0 Å². The average Bonchev–Trinajstić information content (AvgIpc) is 3.04. The fourth-order valence-electron chi connectivity index (χ4n) is 2.60. The maximum atomic E-state index is 12.3. The molecule has 0 saturated heterocycles. The van der Waals surface area contributed by atoms with E-state index in [0.29, 0.717) is 28.5 Å². The molecule has 0 unspecified atom stereocenters. The number of benzene rings is 2. The van der Waals surface area contributed by atoms with Gasteiger partial charge in [0.2, 0.25) is 11.8 Å². The lowest BCUT2D eigenvalue weighted by molar-refractivity contribution is -0.121. The van der Waals surface area contributed by atoms with E-state index in [2.05, 4.69) is 10.4 Å². The summed E-state index contributed by atoms with van der Waals surface area (Å²) in [6.45, 7) is 0.509. The van der Waals surface area contributed by atoms with Crippen LogP contribution < -0.4 is 5.32 Å². The van der Waals surface area contributed by atoms with E-state index >= 15 is 0 Å². The van der Waals surface area contributed by atoms with Gasteiger partial charge in [-0.05, 0) is 42.3 Å². The Morgan fingerprint density at radius 1 is 1.00 bits per heavy atom. The van der Waals surface area contributed by atoms with Gasteiger partial charge in [0.15, 0.2) is 0 Å². The minimum absolute atomic E-state index is 0.0794. The molecule has 1 heterocycles. The second-order valence-corrected chi connectivity index (χ2v) is 6.75. The molecule has 0 aliphatic rings. The summed E-state index contributed by atoms with van der Waals surface area (Å²) in [4.78, 5) is 24.3. The quantitative estimate of drug-likeness (QED) is 0.689. The first kappa shape index (κ1) is 18.4. The molecule has 1 amide bonds. The van der Waals surface area contributed by atoms with Crippen molar-refractivity contribution in [1.82, 2.24) is 15.1 Å². The zero-order valence-corrected chi connectivity index (χ0v) is 15.4. The van der Waals surface area contributed by atoms with Gasteiger partial charge in [0.1, 0.15) is 0 Å². The summed E-state index contributed by atoms with van der Waals surface area (Å²) in [7, 11) is 0. The van der Waals surface area contributed by atoms with Crippen molar-refractivity contribution in [3.63, 3.8) is 0 Å². The van der Waals surface area contributed by atoms with Gasteiger partial charge in [-0.15, -0.1) is 0 Å². The third-order valence-corrected chi connectivity index (χ3v) is 4.47. The lowest BCUT2D eigenvalue weighted by Gasteiger charge is -2.06. The van der Waals surface area contributed by atoms with Crippen LogP contribution in [0.5, 0.6) is 0 Å². The van der Waals surface area contributed by atoms with E-state index in [1.165, 1.54) is 4.68 Å². The highest BCUT2D eigenvalue weighted by atomic mass is 35.5. The Kier molecular flexibility index (Phi) is 5.91. The number of carbonyl (C=O) groups is 2. The Morgan fingerprint density at radius 2 is 1.73 bits per heavy atom. The predicted molar refractivity (Wildman–Crippen MR) is 103 cm³/mol. The Morgan fingerprint density at radius 3 is 2.50 bits per heavy atom. The summed E-state index contributed by atoms with van der Waals surface area (Å²) in [5.41, 5.74) is 1.73. The summed E-state index contributed by atoms with van der Waals surface area (Å²) in [6.07, 6.45) is 2.51. The number of fused-ring (bicyclic) bond motifs is 1. The van der Waals surface area contributed by atoms with Crippen LogP contribution in [0.4, 0.5) is 0 Å². The fourth-order valence-corrected chi connectivity index (χ4v) is 2.89. The van der Waals surface area contributed by atoms with E-state index in [0.717, 1.165) is 10.9 Å². The van der Waals surface area contributed by atoms with Gasteiger partial charge < -0.3 is 5.32 Å². The summed E-state index contributed by atoms with van der Waals surface area (Å²) < 4.78 is 1.29. The van der Waals surface area contributed by atoms with Crippen LogP contribution in [0.3, 0.4) is 0 Å². The Labute approximate surface area is 160 Å². The Balaban J connectivity index is 1.48. The van der Waals surface area contributed by atoms with Crippen molar-refractivity contribution in [2.75, 3.05) is 6.54 Å². The molecule has 0 fully saturated rings. The van der Waals surface area contributed by atoms with Crippen LogP contribution in [0.25, 0.3) is 10.9 Å². The van der Waals surface area contributed by atoms with Crippen LogP contribution >= 0.6 is 23.2 Å². The summed E-state index contributed by atoms with van der Waals surface area (Å²) >= 11 is 11.8. The van der Waals surface area contributed by atoms with Crippen molar-refractivity contribution in [1.29, 1.82) is 0 Å². The van der Waals surface area contributed by atoms with Crippen LogP contribution in [0.15, 0.2) is 48.7 Å². The molecule has 2 aromatic carbocycles. The summed E-state index contributed by atoms with van der Waals surface area (Å²) in [6, 6.07) is 12.7. The van der Waals surface area contributed by atoms with Gasteiger partial charge in [-0.1, -0.05) is 35.3 Å². The first-order chi connectivity index (χ1) is 12.5. The number of amides is 1. The molecular formula is C19H17Cl2N3O2. The van der Waals surface area contributed by atoms with Gasteiger partial charge >= 0.3 is 0 Å². The van der Waals surface area contributed by atoms with Gasteiger partial charge in [0.05, 0.1) is 11.7 Å². The zero-order chi connectivity index (χ0) is 18.5. The van der Waals surface area contributed by atoms with Gasteiger partial charge in [0.25, 0.3) is 0 Å². The molecule has 5 nitrogen and oxygen atoms in total. The highest BCUT2D eigenvalue weighted by molar-refractivity contribution is 6.31. The summed E-state index contributed by atoms with van der Waals surface area (Å²) in [5, 5.41) is 8.95. The summed E-state index contributed by atoms with van der Waals surface area (Å²) in [5.74, 6) is -0.406. The highest BCUT2D eigenvalue weighted by Crippen LogP contribution is 2.19. The number of hydrogen-bond donors (Lipinski definition) is 1. The molecule has 0 saturated carbocycles. The van der Waals surface area contributed by atoms with Crippen molar-refractivity contribution in [3.05, 3.63) is 64.3 Å². The van der Waals surface area contributed by atoms with Crippen LogP contribution in [0.1, 0.15) is 23.2 Å². The van der Waals surface area contributed by atoms with E-state index in [4.69, 9.17) is 23.2 Å². The number of nitrogens with one attached hydrogen (secondary N) is 1. The lowest BCUT2D eigenvalue weighted by atomic mass is 10.1. The molecule has 3 rings (SSSR count). The van der Waals surface area contributed by atoms with E-state index in [9.17, 15) is 9.59 Å². The first-order valence-electron chi connectivity index (χ1n) is 8.20. The molecule has 0 radical (unpaired) electrons. The molecular weight excluding hydrogens is 373 g/mol. The van der Waals surface area contributed by atoms with Crippen molar-refractivity contribution in [2.45, 2.75) is 19.3 Å². The maximum Gasteiger partial charge on any atom is 0.247 e.